The molecule has 2 aromatic carbocycles. The van der Waals surface area contributed by atoms with Crippen LogP contribution in [0.2, 0.25) is 0 Å². The smallest absolute Gasteiger partial charge is 0.266 e. The molecule has 0 amide bonds. The van der Waals surface area contributed by atoms with Crippen molar-refractivity contribution >= 4 is 15.7 Å². The second-order valence-electron chi connectivity index (χ2n) is 5.43. The largest absolute Gasteiger partial charge is 0.296 e. The molecule has 0 N–H and O–H groups in total. The van der Waals surface area contributed by atoms with Gasteiger partial charge in [-0.3, -0.25) is 4.18 Å². The summed E-state index contributed by atoms with van der Waals surface area (Å²) in [7, 11) is -3.67. The zero-order valence-corrected chi connectivity index (χ0v) is 13.3. The number of allylic oxidation sites excluding steroid dienone is 1. The molecule has 3 rings (SSSR count). The van der Waals surface area contributed by atoms with Gasteiger partial charge in [0.2, 0.25) is 0 Å². The monoisotopic (exact) mass is 314 g/mol. The third-order valence-electron chi connectivity index (χ3n) is 3.85. The number of hydrogen-bond acceptors (Lipinski definition) is 3. The highest BCUT2D eigenvalue weighted by Crippen LogP contribution is 2.29. The van der Waals surface area contributed by atoms with Crippen molar-refractivity contribution < 1.29 is 12.6 Å². The van der Waals surface area contributed by atoms with E-state index < -0.39 is 10.1 Å². The molecule has 0 atom stereocenters. The number of benzene rings is 2. The molecule has 0 bridgehead atoms. The van der Waals surface area contributed by atoms with Crippen LogP contribution in [0.3, 0.4) is 0 Å². The van der Waals surface area contributed by atoms with Crippen molar-refractivity contribution in [3.05, 3.63) is 71.3 Å². The maximum absolute atomic E-state index is 12.1. The van der Waals surface area contributed by atoms with Crippen LogP contribution in [0.5, 0.6) is 0 Å². The summed E-state index contributed by atoms with van der Waals surface area (Å²) in [5.41, 5.74) is 4.68. The van der Waals surface area contributed by atoms with Crippen molar-refractivity contribution in [3.63, 3.8) is 0 Å². The molecule has 0 aromatic heterocycles. The van der Waals surface area contributed by atoms with Crippen LogP contribution in [-0.2, 0) is 20.7 Å². The van der Waals surface area contributed by atoms with Crippen molar-refractivity contribution in [1.82, 2.24) is 0 Å². The fraction of sp³-hybridized carbons (Fsp3) is 0.222. The van der Waals surface area contributed by atoms with Crippen LogP contribution < -0.4 is 0 Å². The molecule has 0 radical (unpaired) electrons. The van der Waals surface area contributed by atoms with Crippen LogP contribution in [0.4, 0.5) is 0 Å². The molecule has 0 unspecified atom stereocenters. The molecule has 0 fully saturated rings. The summed E-state index contributed by atoms with van der Waals surface area (Å²) in [6, 6.07) is 14.9. The molecule has 0 spiro atoms. The molecule has 3 nitrogen and oxygen atoms in total. The van der Waals surface area contributed by atoms with Gasteiger partial charge in [-0.05, 0) is 48.6 Å². The van der Waals surface area contributed by atoms with Gasteiger partial charge in [0.05, 0.1) is 11.5 Å². The Labute approximate surface area is 131 Å². The molecule has 2 aromatic rings. The lowest BCUT2D eigenvalue weighted by Crippen LogP contribution is -2.08. The van der Waals surface area contributed by atoms with Crippen molar-refractivity contribution in [2.45, 2.75) is 24.7 Å². The van der Waals surface area contributed by atoms with Gasteiger partial charge in [0.15, 0.2) is 0 Å². The zero-order valence-electron chi connectivity index (χ0n) is 12.5. The number of hydrogen-bond donors (Lipinski definition) is 0. The average molecular weight is 314 g/mol. The summed E-state index contributed by atoms with van der Waals surface area (Å²) in [5.74, 6) is 0. The Morgan fingerprint density at radius 1 is 1.05 bits per heavy atom. The van der Waals surface area contributed by atoms with Crippen LogP contribution in [0.25, 0.3) is 5.57 Å². The Hall–Kier alpha value is -1.91. The van der Waals surface area contributed by atoms with Crippen LogP contribution in [-0.4, -0.2) is 15.0 Å². The highest BCUT2D eigenvalue weighted by Gasteiger charge is 2.17. The number of aryl methyl sites for hydroxylation is 1. The van der Waals surface area contributed by atoms with Crippen molar-refractivity contribution in [1.29, 1.82) is 0 Å². The fourth-order valence-electron chi connectivity index (χ4n) is 2.63. The summed E-state index contributed by atoms with van der Waals surface area (Å²) in [6.07, 6.45) is 3.66. The van der Waals surface area contributed by atoms with Crippen molar-refractivity contribution in [2.24, 2.45) is 0 Å². The van der Waals surface area contributed by atoms with E-state index >= 15 is 0 Å². The first-order valence-corrected chi connectivity index (χ1v) is 8.70. The third kappa shape index (κ3) is 3.13. The lowest BCUT2D eigenvalue weighted by molar-refractivity contribution is 0.326. The minimum atomic E-state index is -3.67. The molecule has 1 aliphatic carbocycles. The molecule has 1 aliphatic rings. The normalized spacial score (nSPS) is 13.8. The SMILES string of the molecule is Cc1ccc(S(=O)(=O)OCCC2=CCc3ccccc32)cc1. The van der Waals surface area contributed by atoms with E-state index in [2.05, 4.69) is 18.2 Å². The molecule has 0 aliphatic heterocycles. The van der Waals surface area contributed by atoms with E-state index in [1.165, 1.54) is 11.1 Å². The quantitative estimate of drug-likeness (QED) is 0.790. The van der Waals surface area contributed by atoms with Crippen LogP contribution in [0.1, 0.15) is 23.1 Å². The van der Waals surface area contributed by atoms with Gasteiger partial charge in [-0.1, -0.05) is 48.0 Å². The summed E-state index contributed by atoms with van der Waals surface area (Å²) < 4.78 is 29.4. The maximum Gasteiger partial charge on any atom is 0.296 e. The van der Waals surface area contributed by atoms with Gasteiger partial charge < -0.3 is 0 Å². The number of fused-ring (bicyclic) bond motifs is 1. The summed E-state index contributed by atoms with van der Waals surface area (Å²) in [4.78, 5) is 0.207. The van der Waals surface area contributed by atoms with Gasteiger partial charge in [0.25, 0.3) is 10.1 Å². The predicted molar refractivity (Wildman–Crippen MR) is 87.1 cm³/mol. The van der Waals surface area contributed by atoms with E-state index in [1.54, 1.807) is 24.3 Å². The minimum absolute atomic E-state index is 0.163. The molecule has 114 valence electrons. The molecule has 0 heterocycles. The van der Waals surface area contributed by atoms with E-state index in [0.717, 1.165) is 17.6 Å². The minimum Gasteiger partial charge on any atom is -0.266 e. The Morgan fingerprint density at radius 2 is 1.77 bits per heavy atom. The standard InChI is InChI=1S/C18H18O3S/c1-14-6-10-17(11-7-14)22(19,20)21-13-12-16-9-8-15-4-2-3-5-18(15)16/h2-7,9-11H,8,12-13H2,1H3. The second kappa shape index (κ2) is 6.07. The first kappa shape index (κ1) is 15.0. The van der Waals surface area contributed by atoms with Gasteiger partial charge in [-0.25, -0.2) is 0 Å². The Balaban J connectivity index is 1.63. The molecule has 0 saturated carbocycles. The van der Waals surface area contributed by atoms with Gasteiger partial charge in [0, 0.05) is 0 Å². The van der Waals surface area contributed by atoms with Crippen LogP contribution in [0.15, 0.2) is 59.5 Å². The van der Waals surface area contributed by atoms with E-state index in [4.69, 9.17) is 4.18 Å². The van der Waals surface area contributed by atoms with E-state index in [0.29, 0.717) is 6.42 Å². The van der Waals surface area contributed by atoms with E-state index in [1.807, 2.05) is 19.1 Å². The van der Waals surface area contributed by atoms with Crippen LogP contribution >= 0.6 is 0 Å². The Kier molecular flexibility index (Phi) is 4.14. The molecule has 4 heteroatoms. The fourth-order valence-corrected chi connectivity index (χ4v) is 3.53. The molecular weight excluding hydrogens is 296 g/mol. The van der Waals surface area contributed by atoms with E-state index in [-0.39, 0.29) is 11.5 Å². The van der Waals surface area contributed by atoms with Gasteiger partial charge in [-0.2, -0.15) is 8.42 Å². The van der Waals surface area contributed by atoms with Gasteiger partial charge in [-0.15, -0.1) is 0 Å². The highest BCUT2D eigenvalue weighted by molar-refractivity contribution is 7.86. The second-order valence-corrected chi connectivity index (χ2v) is 7.05. The van der Waals surface area contributed by atoms with Gasteiger partial charge >= 0.3 is 0 Å². The highest BCUT2D eigenvalue weighted by atomic mass is 32.2. The first-order chi connectivity index (χ1) is 10.6. The van der Waals surface area contributed by atoms with Crippen molar-refractivity contribution in [3.8, 4) is 0 Å². The van der Waals surface area contributed by atoms with E-state index in [9.17, 15) is 8.42 Å². The zero-order chi connectivity index (χ0) is 15.6. The Bertz CT molecular complexity index is 802. The topological polar surface area (TPSA) is 43.4 Å². The lowest BCUT2D eigenvalue weighted by Gasteiger charge is -2.08. The summed E-state index contributed by atoms with van der Waals surface area (Å²) in [6.45, 7) is 2.08. The molecule has 0 saturated heterocycles. The maximum atomic E-state index is 12.1. The lowest BCUT2D eigenvalue weighted by atomic mass is 10.0. The first-order valence-electron chi connectivity index (χ1n) is 7.30. The third-order valence-corrected chi connectivity index (χ3v) is 5.18. The number of rotatable bonds is 5. The Morgan fingerprint density at radius 3 is 2.55 bits per heavy atom. The predicted octanol–water partition coefficient (Wildman–Crippen LogP) is 3.73. The van der Waals surface area contributed by atoms with Gasteiger partial charge in [0.1, 0.15) is 0 Å². The summed E-state index contributed by atoms with van der Waals surface area (Å²) >= 11 is 0. The van der Waals surface area contributed by atoms with Crippen LogP contribution in [0, 0.1) is 6.92 Å². The molecular formula is C18H18O3S. The molecule has 22 heavy (non-hydrogen) atoms. The average Bonchev–Trinajstić information content (AvgIpc) is 2.91. The van der Waals surface area contributed by atoms with Crippen molar-refractivity contribution in [2.75, 3.05) is 6.61 Å². The summed E-state index contributed by atoms with van der Waals surface area (Å²) in [5, 5.41) is 0.